The Morgan fingerprint density at radius 1 is 1.10 bits per heavy atom. The highest BCUT2D eigenvalue weighted by Gasteiger charge is 2.15. The van der Waals surface area contributed by atoms with E-state index in [-0.39, 0.29) is 6.04 Å². The van der Waals surface area contributed by atoms with Gasteiger partial charge in [-0.05, 0) is 55.2 Å². The minimum atomic E-state index is 0.00608. The summed E-state index contributed by atoms with van der Waals surface area (Å²) in [4.78, 5) is 0. The van der Waals surface area contributed by atoms with Gasteiger partial charge in [0.05, 0.1) is 6.04 Å². The third kappa shape index (κ3) is 3.53. The van der Waals surface area contributed by atoms with Crippen molar-refractivity contribution in [3.05, 3.63) is 68.7 Å². The molecule has 2 aromatic carbocycles. The Labute approximate surface area is 129 Å². The van der Waals surface area contributed by atoms with Crippen molar-refractivity contribution in [2.24, 2.45) is 5.84 Å². The van der Waals surface area contributed by atoms with Gasteiger partial charge < -0.3 is 0 Å². The first-order chi connectivity index (χ1) is 9.51. The quantitative estimate of drug-likeness (QED) is 0.650. The van der Waals surface area contributed by atoms with Gasteiger partial charge in [0.2, 0.25) is 0 Å². The summed E-state index contributed by atoms with van der Waals surface area (Å²) in [6, 6.07) is 11.8. The SMILES string of the molecule is Cc1ccc(C(Cc2cc(Cl)ccc2Cl)NN)c(C)c1. The average molecular weight is 309 g/mol. The molecule has 0 saturated carbocycles. The topological polar surface area (TPSA) is 38.0 Å². The fourth-order valence-electron chi connectivity index (χ4n) is 2.39. The van der Waals surface area contributed by atoms with E-state index in [1.165, 1.54) is 16.7 Å². The van der Waals surface area contributed by atoms with Crippen LogP contribution in [0.25, 0.3) is 0 Å². The van der Waals surface area contributed by atoms with Crippen molar-refractivity contribution in [1.82, 2.24) is 5.43 Å². The molecule has 0 aliphatic heterocycles. The zero-order valence-corrected chi connectivity index (χ0v) is 13.1. The van der Waals surface area contributed by atoms with Gasteiger partial charge in [-0.15, -0.1) is 0 Å². The Morgan fingerprint density at radius 3 is 2.50 bits per heavy atom. The normalized spacial score (nSPS) is 12.4. The number of aryl methyl sites for hydroxylation is 2. The Morgan fingerprint density at radius 2 is 1.85 bits per heavy atom. The van der Waals surface area contributed by atoms with Gasteiger partial charge in [0.15, 0.2) is 0 Å². The van der Waals surface area contributed by atoms with E-state index in [0.717, 1.165) is 5.56 Å². The molecule has 0 aliphatic carbocycles. The molecule has 2 nitrogen and oxygen atoms in total. The van der Waals surface area contributed by atoms with Crippen LogP contribution in [0.5, 0.6) is 0 Å². The molecule has 20 heavy (non-hydrogen) atoms. The summed E-state index contributed by atoms with van der Waals surface area (Å²) in [5.74, 6) is 5.72. The molecule has 0 fully saturated rings. The number of halogens is 2. The number of hydrogen-bond donors (Lipinski definition) is 2. The molecule has 2 aromatic rings. The highest BCUT2D eigenvalue weighted by atomic mass is 35.5. The molecule has 0 spiro atoms. The summed E-state index contributed by atoms with van der Waals surface area (Å²) < 4.78 is 0. The van der Waals surface area contributed by atoms with Gasteiger partial charge in [0, 0.05) is 10.0 Å². The predicted molar refractivity (Wildman–Crippen MR) is 86.1 cm³/mol. The van der Waals surface area contributed by atoms with Crippen molar-refractivity contribution >= 4 is 23.2 Å². The van der Waals surface area contributed by atoms with E-state index in [1.807, 2.05) is 12.1 Å². The molecule has 1 unspecified atom stereocenters. The minimum absolute atomic E-state index is 0.00608. The van der Waals surface area contributed by atoms with Crippen molar-refractivity contribution in [2.45, 2.75) is 26.3 Å². The lowest BCUT2D eigenvalue weighted by atomic mass is 9.94. The van der Waals surface area contributed by atoms with Crippen LogP contribution < -0.4 is 11.3 Å². The van der Waals surface area contributed by atoms with Gasteiger partial charge in [-0.2, -0.15) is 0 Å². The van der Waals surface area contributed by atoms with E-state index in [0.29, 0.717) is 16.5 Å². The summed E-state index contributed by atoms with van der Waals surface area (Å²) in [6.45, 7) is 4.17. The van der Waals surface area contributed by atoms with Crippen molar-refractivity contribution in [3.63, 3.8) is 0 Å². The molecule has 2 rings (SSSR count). The highest BCUT2D eigenvalue weighted by Crippen LogP contribution is 2.27. The van der Waals surface area contributed by atoms with Crippen LogP contribution in [0.4, 0.5) is 0 Å². The van der Waals surface area contributed by atoms with Gasteiger partial charge in [-0.1, -0.05) is 47.0 Å². The van der Waals surface area contributed by atoms with E-state index in [1.54, 1.807) is 6.07 Å². The monoisotopic (exact) mass is 308 g/mol. The van der Waals surface area contributed by atoms with E-state index in [9.17, 15) is 0 Å². The molecule has 4 heteroatoms. The Bertz CT molecular complexity index is 611. The number of rotatable bonds is 4. The van der Waals surface area contributed by atoms with Crippen LogP contribution in [0.1, 0.15) is 28.3 Å². The molecule has 106 valence electrons. The molecule has 0 aromatic heterocycles. The van der Waals surface area contributed by atoms with Crippen molar-refractivity contribution in [2.75, 3.05) is 0 Å². The molecule has 3 N–H and O–H groups in total. The van der Waals surface area contributed by atoms with Crippen LogP contribution in [0.3, 0.4) is 0 Å². The number of hydrogen-bond acceptors (Lipinski definition) is 2. The second-order valence-corrected chi connectivity index (χ2v) is 5.86. The summed E-state index contributed by atoms with van der Waals surface area (Å²) in [6.07, 6.45) is 0.694. The molecule has 0 radical (unpaired) electrons. The largest absolute Gasteiger partial charge is 0.271 e. The first kappa shape index (κ1) is 15.3. The maximum Gasteiger partial charge on any atom is 0.0503 e. The van der Waals surface area contributed by atoms with E-state index in [2.05, 4.69) is 37.5 Å². The first-order valence-electron chi connectivity index (χ1n) is 6.48. The number of nitrogens with one attached hydrogen (secondary N) is 1. The molecule has 0 bridgehead atoms. The zero-order chi connectivity index (χ0) is 14.7. The predicted octanol–water partition coefficient (Wildman–Crippen LogP) is 4.36. The smallest absolute Gasteiger partial charge is 0.0503 e. The lowest BCUT2D eigenvalue weighted by molar-refractivity contribution is 0.549. The molecule has 0 heterocycles. The Balaban J connectivity index is 2.31. The minimum Gasteiger partial charge on any atom is -0.271 e. The lowest BCUT2D eigenvalue weighted by Crippen LogP contribution is -2.30. The summed E-state index contributed by atoms with van der Waals surface area (Å²) in [7, 11) is 0. The van der Waals surface area contributed by atoms with Gasteiger partial charge in [-0.3, -0.25) is 11.3 Å². The average Bonchev–Trinajstić information content (AvgIpc) is 2.40. The van der Waals surface area contributed by atoms with Crippen molar-refractivity contribution in [1.29, 1.82) is 0 Å². The molecule has 0 amide bonds. The Hall–Kier alpha value is -1.06. The number of hydrazine groups is 1. The molecule has 0 aliphatic rings. The molecule has 1 atom stereocenters. The fraction of sp³-hybridized carbons (Fsp3) is 0.250. The summed E-state index contributed by atoms with van der Waals surface area (Å²) >= 11 is 12.3. The number of nitrogens with two attached hydrogens (primary N) is 1. The molecular formula is C16H18Cl2N2. The maximum atomic E-state index is 6.22. The first-order valence-corrected chi connectivity index (χ1v) is 7.24. The van der Waals surface area contributed by atoms with Gasteiger partial charge in [0.1, 0.15) is 0 Å². The Kier molecular flexibility index (Phi) is 5.06. The van der Waals surface area contributed by atoms with Crippen LogP contribution in [-0.2, 0) is 6.42 Å². The van der Waals surface area contributed by atoms with Crippen LogP contribution in [-0.4, -0.2) is 0 Å². The number of benzene rings is 2. The van der Waals surface area contributed by atoms with Gasteiger partial charge in [-0.25, -0.2) is 0 Å². The highest BCUT2D eigenvalue weighted by molar-refractivity contribution is 6.33. The second-order valence-electron chi connectivity index (χ2n) is 5.02. The second kappa shape index (κ2) is 6.59. The van der Waals surface area contributed by atoms with Gasteiger partial charge in [0.25, 0.3) is 0 Å². The third-order valence-corrected chi connectivity index (χ3v) is 4.04. The van der Waals surface area contributed by atoms with Crippen molar-refractivity contribution in [3.8, 4) is 0 Å². The van der Waals surface area contributed by atoms with E-state index in [4.69, 9.17) is 29.0 Å². The lowest BCUT2D eigenvalue weighted by Gasteiger charge is -2.20. The van der Waals surface area contributed by atoms with E-state index >= 15 is 0 Å². The maximum absolute atomic E-state index is 6.22. The van der Waals surface area contributed by atoms with Crippen molar-refractivity contribution < 1.29 is 0 Å². The molecular weight excluding hydrogens is 291 g/mol. The summed E-state index contributed by atoms with van der Waals surface area (Å²) in [5, 5.41) is 1.39. The van der Waals surface area contributed by atoms with Gasteiger partial charge >= 0.3 is 0 Å². The van der Waals surface area contributed by atoms with Crippen LogP contribution in [0, 0.1) is 13.8 Å². The standard InChI is InChI=1S/C16H18Cl2N2/c1-10-3-5-14(11(2)7-10)16(20-19)9-12-8-13(17)4-6-15(12)18/h3-8,16,20H,9,19H2,1-2H3. The van der Waals surface area contributed by atoms with Crippen LogP contribution >= 0.6 is 23.2 Å². The third-order valence-electron chi connectivity index (χ3n) is 3.43. The van der Waals surface area contributed by atoms with Crippen LogP contribution in [0.2, 0.25) is 10.0 Å². The zero-order valence-electron chi connectivity index (χ0n) is 11.6. The fourth-order valence-corrected chi connectivity index (χ4v) is 2.78. The van der Waals surface area contributed by atoms with Crippen LogP contribution in [0.15, 0.2) is 36.4 Å². The van der Waals surface area contributed by atoms with E-state index < -0.39 is 0 Å². The molecule has 0 saturated heterocycles. The summed E-state index contributed by atoms with van der Waals surface area (Å²) in [5.41, 5.74) is 7.49.